The third-order valence-corrected chi connectivity index (χ3v) is 13.3. The first-order valence-electron chi connectivity index (χ1n) is 13.9. The van der Waals surface area contributed by atoms with Gasteiger partial charge in [-0.05, 0) is 128 Å². The van der Waals surface area contributed by atoms with E-state index < -0.39 is 5.97 Å². The third kappa shape index (κ3) is 2.93. The molecule has 3 heteroatoms. The molecular weight excluding hydrogens is 408 g/mol. The maximum atomic E-state index is 11.2. The zero-order valence-electron chi connectivity index (χ0n) is 22.0. The van der Waals surface area contributed by atoms with E-state index in [4.69, 9.17) is 0 Å². The van der Waals surface area contributed by atoms with Crippen molar-refractivity contribution < 1.29 is 15.0 Å². The summed E-state index contributed by atoms with van der Waals surface area (Å²) in [4.78, 5) is 11.2. The number of hydrogen-bond donors (Lipinski definition) is 2. The Labute approximate surface area is 201 Å². The summed E-state index contributed by atoms with van der Waals surface area (Å²) >= 11 is 0. The van der Waals surface area contributed by atoms with Crippen molar-refractivity contribution in [3.8, 4) is 0 Å². The van der Waals surface area contributed by atoms with Gasteiger partial charge in [0.15, 0.2) is 0 Å². The summed E-state index contributed by atoms with van der Waals surface area (Å²) in [6, 6.07) is 0. The summed E-state index contributed by atoms with van der Waals surface area (Å²) in [5, 5.41) is 20.0. The number of hydrogen-bond acceptors (Lipinski definition) is 2. The lowest BCUT2D eigenvalue weighted by Crippen LogP contribution is -2.57. The van der Waals surface area contributed by atoms with Crippen LogP contribution in [0.3, 0.4) is 0 Å². The van der Waals surface area contributed by atoms with Crippen LogP contribution in [0.5, 0.6) is 0 Å². The van der Waals surface area contributed by atoms with E-state index in [2.05, 4.69) is 34.6 Å². The van der Waals surface area contributed by atoms with E-state index in [1.807, 2.05) is 6.08 Å². The fourth-order valence-corrected chi connectivity index (χ4v) is 11.2. The number of carbonyl (C=O) groups is 1. The molecule has 0 aromatic rings. The standard InChI is InChI=1S/C30H48O3/c1-19(8-7-9-20(2)25(32)33)21-12-14-28(6)23-11-10-22-26(3,4)24(31)13-15-29(22)18-30(23,29)17-16-27(21,28)5/h9,19,21-24,31H,7-8,10-18H2,1-6H3,(H,32,33)/t19-,21-,22-,23-,24-,27-,28+,29-,30+/m1/s1. The molecule has 5 rings (SSSR count). The average molecular weight is 457 g/mol. The van der Waals surface area contributed by atoms with Gasteiger partial charge in [-0.2, -0.15) is 0 Å². The quantitative estimate of drug-likeness (QED) is 0.429. The van der Waals surface area contributed by atoms with Crippen molar-refractivity contribution >= 4 is 5.97 Å². The first kappa shape index (κ1) is 23.9. The van der Waals surface area contributed by atoms with Gasteiger partial charge in [0.25, 0.3) is 0 Å². The van der Waals surface area contributed by atoms with Gasteiger partial charge in [0.2, 0.25) is 0 Å². The fraction of sp³-hybridized carbons (Fsp3) is 0.900. The van der Waals surface area contributed by atoms with E-state index in [-0.39, 0.29) is 11.5 Å². The minimum absolute atomic E-state index is 0.0721. The lowest BCUT2D eigenvalue weighted by atomic mass is 9.41. The average Bonchev–Trinajstić information content (AvgIpc) is 3.33. The van der Waals surface area contributed by atoms with Crippen LogP contribution >= 0.6 is 0 Å². The Kier molecular flexibility index (Phi) is 5.31. The minimum Gasteiger partial charge on any atom is -0.478 e. The van der Waals surface area contributed by atoms with Gasteiger partial charge in [0, 0.05) is 5.57 Å². The van der Waals surface area contributed by atoms with Crippen LogP contribution in [0.2, 0.25) is 0 Å². The summed E-state index contributed by atoms with van der Waals surface area (Å²) in [5.41, 5.74) is 2.48. The van der Waals surface area contributed by atoms with Crippen molar-refractivity contribution in [2.75, 3.05) is 0 Å². The normalized spacial score (nSPS) is 51.1. The van der Waals surface area contributed by atoms with Crippen LogP contribution in [0.25, 0.3) is 0 Å². The summed E-state index contributed by atoms with van der Waals surface area (Å²) in [6.07, 6.45) is 15.7. The zero-order chi connectivity index (χ0) is 24.0. The van der Waals surface area contributed by atoms with Gasteiger partial charge in [-0.1, -0.05) is 40.7 Å². The molecule has 33 heavy (non-hydrogen) atoms. The Balaban J connectivity index is 1.37. The number of carboxylic acid groups (broad SMARTS) is 1. The summed E-state index contributed by atoms with van der Waals surface area (Å²) in [5.74, 6) is 2.19. The van der Waals surface area contributed by atoms with Gasteiger partial charge in [-0.3, -0.25) is 0 Å². The molecule has 5 fully saturated rings. The molecule has 0 radical (unpaired) electrons. The highest BCUT2D eigenvalue weighted by Gasteiger charge is 2.82. The molecule has 0 heterocycles. The topological polar surface area (TPSA) is 57.5 Å². The number of allylic oxidation sites excluding steroid dienone is 1. The summed E-state index contributed by atoms with van der Waals surface area (Å²) < 4.78 is 0. The monoisotopic (exact) mass is 456 g/mol. The SMILES string of the molecule is CC(=CCC[C@@H](C)[C@H]1CC[C@@]2(C)[C@H]3CC[C@@H]4C(C)(C)[C@H](O)CC[C@@]45C[C@@]35CC[C@]12C)C(=O)O. The van der Waals surface area contributed by atoms with Gasteiger partial charge < -0.3 is 10.2 Å². The number of aliphatic hydroxyl groups excluding tert-OH is 1. The molecule has 2 spiro atoms. The summed E-state index contributed by atoms with van der Waals surface area (Å²) in [6.45, 7) is 14.2. The molecule has 0 aliphatic heterocycles. The number of aliphatic carboxylic acids is 1. The van der Waals surface area contributed by atoms with Gasteiger partial charge in [0.05, 0.1) is 6.10 Å². The van der Waals surface area contributed by atoms with Crippen molar-refractivity contribution in [1.82, 2.24) is 0 Å². The second kappa shape index (κ2) is 7.34. The Morgan fingerprint density at radius 2 is 1.61 bits per heavy atom. The number of carboxylic acids is 1. The fourth-order valence-electron chi connectivity index (χ4n) is 11.2. The van der Waals surface area contributed by atoms with Gasteiger partial charge in [-0.15, -0.1) is 0 Å². The van der Waals surface area contributed by atoms with Gasteiger partial charge in [0.1, 0.15) is 0 Å². The molecule has 2 N–H and O–H groups in total. The molecule has 0 aromatic heterocycles. The first-order valence-corrected chi connectivity index (χ1v) is 13.9. The molecule has 0 saturated heterocycles. The van der Waals surface area contributed by atoms with Crippen molar-refractivity contribution in [1.29, 1.82) is 0 Å². The Bertz CT molecular complexity index is 859. The maximum Gasteiger partial charge on any atom is 0.330 e. The molecule has 5 saturated carbocycles. The second-order valence-corrected chi connectivity index (χ2v) is 14.3. The first-order chi connectivity index (χ1) is 15.4. The third-order valence-electron chi connectivity index (χ3n) is 13.3. The second-order valence-electron chi connectivity index (χ2n) is 14.3. The summed E-state index contributed by atoms with van der Waals surface area (Å²) in [7, 11) is 0. The van der Waals surface area contributed by atoms with Crippen LogP contribution < -0.4 is 0 Å². The number of fused-ring (bicyclic) bond motifs is 2. The molecule has 0 amide bonds. The largest absolute Gasteiger partial charge is 0.478 e. The van der Waals surface area contributed by atoms with E-state index >= 15 is 0 Å². The van der Waals surface area contributed by atoms with Crippen LogP contribution in [0.4, 0.5) is 0 Å². The Hall–Kier alpha value is -0.830. The van der Waals surface area contributed by atoms with Crippen LogP contribution in [0, 0.1) is 50.7 Å². The van der Waals surface area contributed by atoms with Crippen LogP contribution in [0.1, 0.15) is 112 Å². The Morgan fingerprint density at radius 3 is 2.30 bits per heavy atom. The molecule has 0 aromatic carbocycles. The lowest BCUT2D eigenvalue weighted by molar-refractivity contribution is -0.161. The van der Waals surface area contributed by atoms with Crippen molar-refractivity contribution in [2.24, 2.45) is 50.7 Å². The van der Waals surface area contributed by atoms with Crippen LogP contribution in [-0.2, 0) is 4.79 Å². The molecule has 0 bridgehead atoms. The van der Waals surface area contributed by atoms with Gasteiger partial charge >= 0.3 is 5.97 Å². The highest BCUT2D eigenvalue weighted by molar-refractivity contribution is 5.85. The lowest BCUT2D eigenvalue weighted by Gasteiger charge is -2.63. The number of rotatable bonds is 5. The van der Waals surface area contributed by atoms with E-state index in [1.165, 1.54) is 51.4 Å². The maximum absolute atomic E-state index is 11.2. The zero-order valence-corrected chi connectivity index (χ0v) is 22.0. The molecular formula is C30H48O3. The molecule has 5 aliphatic carbocycles. The highest BCUT2D eigenvalue weighted by Crippen LogP contribution is 2.89. The molecule has 9 atom stereocenters. The predicted octanol–water partition coefficient (Wildman–Crippen LogP) is 7.23. The number of aliphatic hydroxyl groups is 1. The predicted molar refractivity (Wildman–Crippen MR) is 133 cm³/mol. The van der Waals surface area contributed by atoms with Gasteiger partial charge in [-0.25, -0.2) is 4.79 Å². The van der Waals surface area contributed by atoms with E-state index in [1.54, 1.807) is 6.92 Å². The van der Waals surface area contributed by atoms with Crippen molar-refractivity contribution in [2.45, 2.75) is 118 Å². The molecule has 0 unspecified atom stereocenters. The molecule has 186 valence electrons. The molecule has 5 aliphatic rings. The van der Waals surface area contributed by atoms with Crippen molar-refractivity contribution in [3.63, 3.8) is 0 Å². The molecule has 3 nitrogen and oxygen atoms in total. The van der Waals surface area contributed by atoms with E-state index in [9.17, 15) is 15.0 Å². The van der Waals surface area contributed by atoms with E-state index in [0.29, 0.717) is 39.1 Å². The highest BCUT2D eigenvalue weighted by atomic mass is 16.4. The van der Waals surface area contributed by atoms with E-state index in [0.717, 1.165) is 31.1 Å². The minimum atomic E-state index is -0.784. The smallest absolute Gasteiger partial charge is 0.330 e. The van der Waals surface area contributed by atoms with Crippen molar-refractivity contribution in [3.05, 3.63) is 11.6 Å². The van der Waals surface area contributed by atoms with Crippen LogP contribution in [0.15, 0.2) is 11.6 Å². The Morgan fingerprint density at radius 1 is 0.939 bits per heavy atom. The van der Waals surface area contributed by atoms with Crippen LogP contribution in [-0.4, -0.2) is 22.3 Å².